The number of nitrogens with one attached hydrogen (secondary N) is 2. The van der Waals surface area contributed by atoms with Crippen LogP contribution in [0.15, 0.2) is 0 Å². The first kappa shape index (κ1) is 12.3. The third-order valence-corrected chi connectivity index (χ3v) is 1.88. The van der Waals surface area contributed by atoms with E-state index in [9.17, 15) is 4.79 Å². The maximum Gasteiger partial charge on any atom is 0.221 e. The van der Waals surface area contributed by atoms with Gasteiger partial charge in [0.2, 0.25) is 5.91 Å². The predicted molar refractivity (Wildman–Crippen MR) is 49.3 cm³/mol. The summed E-state index contributed by atoms with van der Waals surface area (Å²) in [6, 6.07) is 0. The van der Waals surface area contributed by atoms with Crippen molar-refractivity contribution in [3.63, 3.8) is 0 Å². The molecule has 0 saturated heterocycles. The lowest BCUT2D eigenvalue weighted by Crippen LogP contribution is -2.49. The van der Waals surface area contributed by atoms with Gasteiger partial charge in [0, 0.05) is 20.0 Å². The van der Waals surface area contributed by atoms with Crippen molar-refractivity contribution in [1.29, 1.82) is 0 Å². The molecule has 5 nitrogen and oxygen atoms in total. The summed E-state index contributed by atoms with van der Waals surface area (Å²) in [4.78, 5) is 10.8. The lowest BCUT2D eigenvalue weighted by atomic mass is 10.1. The molecule has 0 aliphatic carbocycles. The van der Waals surface area contributed by atoms with Crippen molar-refractivity contribution in [3.8, 4) is 0 Å². The molecule has 0 aliphatic heterocycles. The minimum atomic E-state index is -0.700. The second-order valence-electron chi connectivity index (χ2n) is 3.23. The molecule has 0 aliphatic rings. The number of hydrogen-bond acceptors (Lipinski definition) is 4. The highest BCUT2D eigenvalue weighted by atomic mass is 16.3. The van der Waals surface area contributed by atoms with Crippen molar-refractivity contribution in [2.75, 3.05) is 26.8 Å². The Hall–Kier alpha value is -0.650. The number of amides is 1. The van der Waals surface area contributed by atoms with Crippen LogP contribution in [-0.2, 0) is 4.79 Å². The fraction of sp³-hybridized carbons (Fsp3) is 0.875. The third-order valence-electron chi connectivity index (χ3n) is 1.88. The molecule has 0 atom stereocenters. The highest BCUT2D eigenvalue weighted by Crippen LogP contribution is 1.99. The van der Waals surface area contributed by atoms with Crippen LogP contribution in [0.1, 0.15) is 13.3 Å². The van der Waals surface area contributed by atoms with Gasteiger partial charge in [-0.3, -0.25) is 4.79 Å². The third kappa shape index (κ3) is 4.82. The SMILES string of the molecule is CNC(=O)CCNC(C)(CO)CO. The Balaban J connectivity index is 3.67. The van der Waals surface area contributed by atoms with E-state index in [1.165, 1.54) is 0 Å². The molecule has 13 heavy (non-hydrogen) atoms. The molecule has 0 unspecified atom stereocenters. The fourth-order valence-corrected chi connectivity index (χ4v) is 0.765. The molecule has 78 valence electrons. The normalized spacial score (nSPS) is 11.4. The molecule has 0 saturated carbocycles. The summed E-state index contributed by atoms with van der Waals surface area (Å²) >= 11 is 0. The van der Waals surface area contributed by atoms with Gasteiger partial charge in [-0.1, -0.05) is 0 Å². The standard InChI is InChI=1S/C8H18N2O3/c1-8(5-11,6-12)10-4-3-7(13)9-2/h10-12H,3-6H2,1-2H3,(H,9,13). The maximum atomic E-state index is 10.8. The first-order valence-corrected chi connectivity index (χ1v) is 4.25. The van der Waals surface area contributed by atoms with E-state index in [2.05, 4.69) is 10.6 Å². The van der Waals surface area contributed by atoms with Gasteiger partial charge < -0.3 is 20.8 Å². The van der Waals surface area contributed by atoms with Gasteiger partial charge in [0.05, 0.1) is 18.8 Å². The molecule has 1 amide bonds. The van der Waals surface area contributed by atoms with E-state index in [-0.39, 0.29) is 19.1 Å². The van der Waals surface area contributed by atoms with Crippen LogP contribution in [0.2, 0.25) is 0 Å². The average molecular weight is 190 g/mol. The number of rotatable bonds is 6. The Morgan fingerprint density at radius 2 is 1.92 bits per heavy atom. The largest absolute Gasteiger partial charge is 0.394 e. The molecule has 0 rings (SSSR count). The highest BCUT2D eigenvalue weighted by Gasteiger charge is 2.20. The summed E-state index contributed by atoms with van der Waals surface area (Å²) in [6.45, 7) is 1.82. The molecular weight excluding hydrogens is 172 g/mol. The van der Waals surface area contributed by atoms with Crippen LogP contribution in [-0.4, -0.2) is 48.5 Å². The van der Waals surface area contributed by atoms with Gasteiger partial charge in [-0.05, 0) is 6.92 Å². The van der Waals surface area contributed by atoms with Crippen LogP contribution < -0.4 is 10.6 Å². The van der Waals surface area contributed by atoms with E-state index in [0.717, 1.165) is 0 Å². The second-order valence-corrected chi connectivity index (χ2v) is 3.23. The first-order valence-electron chi connectivity index (χ1n) is 4.25. The van der Waals surface area contributed by atoms with Crippen LogP contribution in [0.3, 0.4) is 0 Å². The van der Waals surface area contributed by atoms with Crippen LogP contribution in [0.5, 0.6) is 0 Å². The van der Waals surface area contributed by atoms with Crippen LogP contribution in [0.4, 0.5) is 0 Å². The van der Waals surface area contributed by atoms with Gasteiger partial charge >= 0.3 is 0 Å². The zero-order valence-electron chi connectivity index (χ0n) is 8.13. The van der Waals surface area contributed by atoms with E-state index in [1.807, 2.05) is 0 Å². The van der Waals surface area contributed by atoms with Crippen molar-refractivity contribution in [2.45, 2.75) is 18.9 Å². The van der Waals surface area contributed by atoms with Gasteiger partial charge in [0.15, 0.2) is 0 Å². The number of carbonyl (C=O) groups is 1. The van der Waals surface area contributed by atoms with E-state index >= 15 is 0 Å². The van der Waals surface area contributed by atoms with E-state index < -0.39 is 5.54 Å². The lowest BCUT2D eigenvalue weighted by molar-refractivity contribution is -0.120. The maximum absolute atomic E-state index is 10.8. The van der Waals surface area contributed by atoms with Crippen LogP contribution in [0, 0.1) is 0 Å². The number of hydrogen-bond donors (Lipinski definition) is 4. The minimum absolute atomic E-state index is 0.0641. The summed E-state index contributed by atoms with van der Waals surface area (Å²) in [7, 11) is 1.57. The fourth-order valence-electron chi connectivity index (χ4n) is 0.765. The van der Waals surface area contributed by atoms with E-state index in [4.69, 9.17) is 10.2 Å². The predicted octanol–water partition coefficient (Wildman–Crippen LogP) is -1.54. The van der Waals surface area contributed by atoms with Crippen molar-refractivity contribution in [1.82, 2.24) is 10.6 Å². The molecule has 0 fully saturated rings. The lowest BCUT2D eigenvalue weighted by Gasteiger charge is -2.25. The molecule has 0 heterocycles. The summed E-state index contributed by atoms with van der Waals surface area (Å²) in [6.07, 6.45) is 0.339. The molecule has 0 aromatic heterocycles. The minimum Gasteiger partial charge on any atom is -0.394 e. The summed E-state index contributed by atoms with van der Waals surface area (Å²) in [5, 5.41) is 23.2. The van der Waals surface area contributed by atoms with Gasteiger partial charge in [0.1, 0.15) is 0 Å². The zero-order chi connectivity index (χ0) is 10.3. The van der Waals surface area contributed by atoms with Gasteiger partial charge in [-0.2, -0.15) is 0 Å². The van der Waals surface area contributed by atoms with Crippen LogP contribution in [0.25, 0.3) is 0 Å². The molecule has 0 spiro atoms. The smallest absolute Gasteiger partial charge is 0.221 e. The Bertz CT molecular complexity index is 157. The Morgan fingerprint density at radius 1 is 1.38 bits per heavy atom. The summed E-state index contributed by atoms with van der Waals surface area (Å²) in [5.41, 5.74) is -0.700. The topological polar surface area (TPSA) is 81.6 Å². The Labute approximate surface area is 78.1 Å². The molecule has 0 aromatic rings. The zero-order valence-corrected chi connectivity index (χ0v) is 8.13. The van der Waals surface area contributed by atoms with Crippen molar-refractivity contribution >= 4 is 5.91 Å². The average Bonchev–Trinajstić information content (AvgIpc) is 2.17. The van der Waals surface area contributed by atoms with Crippen molar-refractivity contribution in [3.05, 3.63) is 0 Å². The summed E-state index contributed by atoms with van der Waals surface area (Å²) < 4.78 is 0. The molecule has 5 heteroatoms. The number of carbonyl (C=O) groups excluding carboxylic acids is 1. The van der Waals surface area contributed by atoms with E-state index in [0.29, 0.717) is 13.0 Å². The van der Waals surface area contributed by atoms with E-state index in [1.54, 1.807) is 14.0 Å². The second kappa shape index (κ2) is 5.90. The Kier molecular flexibility index (Phi) is 5.61. The number of aliphatic hydroxyl groups excluding tert-OH is 2. The monoisotopic (exact) mass is 190 g/mol. The summed E-state index contributed by atoms with van der Waals surface area (Å²) in [5.74, 6) is -0.0641. The first-order chi connectivity index (χ1) is 6.08. The molecule has 0 radical (unpaired) electrons. The quantitative estimate of drug-likeness (QED) is 0.409. The molecule has 0 bridgehead atoms. The highest BCUT2D eigenvalue weighted by molar-refractivity contribution is 5.75. The molecular formula is C8H18N2O3. The van der Waals surface area contributed by atoms with Gasteiger partial charge in [-0.25, -0.2) is 0 Å². The van der Waals surface area contributed by atoms with Crippen molar-refractivity contribution in [2.24, 2.45) is 0 Å². The number of aliphatic hydroxyl groups is 2. The molecule has 4 N–H and O–H groups in total. The van der Waals surface area contributed by atoms with Gasteiger partial charge in [-0.15, -0.1) is 0 Å². The van der Waals surface area contributed by atoms with Gasteiger partial charge in [0.25, 0.3) is 0 Å². The van der Waals surface area contributed by atoms with Crippen molar-refractivity contribution < 1.29 is 15.0 Å². The van der Waals surface area contributed by atoms with Crippen LogP contribution >= 0.6 is 0 Å². The Morgan fingerprint density at radius 3 is 2.31 bits per heavy atom. The molecule has 0 aromatic carbocycles.